The summed E-state index contributed by atoms with van der Waals surface area (Å²) < 4.78 is 43.4. The number of ether oxygens (including phenoxy) is 3. The molecule has 1 saturated carbocycles. The first kappa shape index (κ1) is 44.1. The Balaban J connectivity index is 1.03. The van der Waals surface area contributed by atoms with Crippen molar-refractivity contribution >= 4 is 19.2 Å². The maximum Gasteiger partial charge on any atom is 0.472 e. The van der Waals surface area contributed by atoms with Crippen LogP contribution in [0, 0.1) is 11.3 Å². The zero-order valence-electron chi connectivity index (χ0n) is 33.1. The Labute approximate surface area is 331 Å². The Morgan fingerprint density at radius 1 is 0.946 bits per heavy atom. The van der Waals surface area contributed by atoms with E-state index < -0.39 is 42.9 Å². The number of aliphatic hydroxyl groups is 2. The van der Waals surface area contributed by atoms with Crippen molar-refractivity contribution < 1.29 is 42.9 Å². The summed E-state index contributed by atoms with van der Waals surface area (Å²) in [6, 6.07) is 14.5. The number of hydrogen-bond donors (Lipinski definition) is 4. The highest BCUT2D eigenvalue weighted by atomic mass is 31.2. The fourth-order valence-corrected chi connectivity index (χ4v) is 8.56. The smallest absolute Gasteiger partial charge is 0.385 e. The molecule has 0 bridgehead atoms. The van der Waals surface area contributed by atoms with E-state index >= 15 is 0 Å². The monoisotopic (exact) mass is 799 g/mol. The number of nitrogens with zero attached hydrogens (tertiary/aromatic N) is 4. The normalized spacial score (nSPS) is 25.1. The third-order valence-electron chi connectivity index (χ3n) is 11.0. The first-order valence-electron chi connectivity index (χ1n) is 20.5. The van der Waals surface area contributed by atoms with Gasteiger partial charge in [-0.05, 0) is 31.0 Å². The molecular weight excluding hydrogens is 737 g/mol. The highest BCUT2D eigenvalue weighted by Gasteiger charge is 2.83. The Morgan fingerprint density at radius 2 is 1.55 bits per heavy atom. The number of phosphoric acid groups is 1. The molecule has 1 saturated heterocycles. The Morgan fingerprint density at radius 3 is 2.12 bits per heavy atom. The maximum atomic E-state index is 13.2. The molecule has 0 spiro atoms. The summed E-state index contributed by atoms with van der Waals surface area (Å²) in [6.45, 7) is 4.45. The SMILES string of the molecule is CCCCCCCCCCCCCCCCCCOCC(C)(COP(=O)(O)OC1[C@H]2O[C@@](C#N)(c3ccc4c(N)ncnn34)[C@H](O)[C@@]12O)OCc1ccccc1. The van der Waals surface area contributed by atoms with Gasteiger partial charge in [-0.2, -0.15) is 10.4 Å². The van der Waals surface area contributed by atoms with Gasteiger partial charge in [0.05, 0.1) is 25.5 Å². The van der Waals surface area contributed by atoms with Crippen molar-refractivity contribution in [2.75, 3.05) is 25.6 Å². The topological polar surface area (TPSA) is 204 Å². The van der Waals surface area contributed by atoms with Gasteiger partial charge in [0.25, 0.3) is 0 Å². The molecule has 5 rings (SSSR count). The number of fused-ring (bicyclic) bond motifs is 2. The van der Waals surface area contributed by atoms with E-state index in [1.54, 1.807) is 13.0 Å². The highest BCUT2D eigenvalue weighted by molar-refractivity contribution is 7.47. The molecule has 0 amide bonds. The molecule has 0 radical (unpaired) electrons. The van der Waals surface area contributed by atoms with E-state index in [9.17, 15) is 24.9 Å². The first-order valence-corrected chi connectivity index (χ1v) is 22.0. The van der Waals surface area contributed by atoms with Crippen LogP contribution < -0.4 is 5.73 Å². The Bertz CT molecular complexity index is 1740. The van der Waals surface area contributed by atoms with Crippen LogP contribution in [0.2, 0.25) is 0 Å². The molecule has 3 aromatic rings. The Kier molecular flexibility index (Phi) is 16.3. The molecule has 3 heterocycles. The molecule has 56 heavy (non-hydrogen) atoms. The summed E-state index contributed by atoms with van der Waals surface area (Å²) in [4.78, 5) is 14.7. The summed E-state index contributed by atoms with van der Waals surface area (Å²) in [5.74, 6) is 0.139. The van der Waals surface area contributed by atoms with E-state index in [0.29, 0.717) is 12.1 Å². The van der Waals surface area contributed by atoms with Gasteiger partial charge < -0.3 is 35.1 Å². The van der Waals surface area contributed by atoms with Crippen LogP contribution in [0.3, 0.4) is 0 Å². The number of aliphatic hydroxyl groups excluding tert-OH is 1. The molecule has 1 aromatic carbocycles. The summed E-state index contributed by atoms with van der Waals surface area (Å²) in [6.07, 6.45) is 17.1. The van der Waals surface area contributed by atoms with Gasteiger partial charge in [-0.3, -0.25) is 9.05 Å². The summed E-state index contributed by atoms with van der Waals surface area (Å²) in [5, 5.41) is 36.9. The molecule has 14 nitrogen and oxygen atoms in total. The van der Waals surface area contributed by atoms with Crippen molar-refractivity contribution in [2.24, 2.45) is 0 Å². The lowest BCUT2D eigenvalue weighted by Crippen LogP contribution is -2.47. The number of hydrogen-bond acceptors (Lipinski definition) is 12. The van der Waals surface area contributed by atoms with Crippen LogP contribution >= 0.6 is 7.82 Å². The maximum absolute atomic E-state index is 13.2. The van der Waals surface area contributed by atoms with Gasteiger partial charge in [-0.15, -0.1) is 0 Å². The zero-order valence-corrected chi connectivity index (χ0v) is 34.0. The zero-order chi connectivity index (χ0) is 40.1. The number of phosphoric ester groups is 1. The van der Waals surface area contributed by atoms with Gasteiger partial charge >= 0.3 is 7.82 Å². The average Bonchev–Trinajstić information content (AvgIpc) is 3.43. The number of nitrogens with two attached hydrogens (primary N) is 1. The van der Waals surface area contributed by atoms with Gasteiger partial charge in [0.2, 0.25) is 5.60 Å². The second kappa shape index (κ2) is 20.6. The fourth-order valence-electron chi connectivity index (χ4n) is 7.50. The molecule has 1 aliphatic carbocycles. The minimum atomic E-state index is -4.85. The summed E-state index contributed by atoms with van der Waals surface area (Å²) >= 11 is 0. The lowest BCUT2D eigenvalue weighted by Gasteiger charge is -2.31. The van der Waals surface area contributed by atoms with Crippen molar-refractivity contribution in [3.8, 4) is 6.07 Å². The van der Waals surface area contributed by atoms with Crippen LogP contribution in [-0.4, -0.2) is 79.0 Å². The third-order valence-corrected chi connectivity index (χ3v) is 12.0. The van der Waals surface area contributed by atoms with Crippen LogP contribution in [0.5, 0.6) is 0 Å². The molecule has 7 atom stereocenters. The van der Waals surface area contributed by atoms with Gasteiger partial charge in [0.15, 0.2) is 11.4 Å². The highest BCUT2D eigenvalue weighted by Crippen LogP contribution is 2.63. The number of anilines is 1. The first-order chi connectivity index (χ1) is 27.0. The number of benzene rings is 1. The summed E-state index contributed by atoms with van der Waals surface area (Å²) in [5.41, 5.74) is 1.92. The average molecular weight is 800 g/mol. The standard InChI is InChI=1S/C41H62N5O9P/c1-3-4-5-6-7-8-9-10-11-12-13-14-15-16-17-21-26-51-29-39(2,52-27-32-22-19-18-20-23-32)30-53-56(49,50)55-36-35-41(36,48)38(47)40(28-42,54-35)34-25-24-33-37(43)44-31-45-46(33)34/h18-20,22-25,31,35-36,38,47-48H,3-17,21,26-27,29-30H2,1-2H3,(H,49,50)(H2,43,44,45)/t35-,36?,38+,39?,40+,41+/m1/s1. The van der Waals surface area contributed by atoms with Crippen molar-refractivity contribution in [2.45, 2.75) is 158 Å². The van der Waals surface area contributed by atoms with Crippen LogP contribution in [0.15, 0.2) is 48.8 Å². The van der Waals surface area contributed by atoms with Crippen LogP contribution in [-0.2, 0) is 40.0 Å². The van der Waals surface area contributed by atoms with E-state index in [4.69, 9.17) is 29.0 Å². The number of nitrogen functional groups attached to an aromatic ring is 1. The van der Waals surface area contributed by atoms with Gasteiger partial charge in [-0.1, -0.05) is 134 Å². The van der Waals surface area contributed by atoms with Crippen LogP contribution in [0.4, 0.5) is 5.82 Å². The van der Waals surface area contributed by atoms with E-state index in [0.717, 1.165) is 24.8 Å². The molecule has 15 heteroatoms. The molecular formula is C41H62N5O9P. The lowest BCUT2D eigenvalue weighted by atomic mass is 9.90. The fraction of sp³-hybridized carbons (Fsp3) is 0.683. The second-order valence-electron chi connectivity index (χ2n) is 15.7. The van der Waals surface area contributed by atoms with Crippen LogP contribution in [0.25, 0.3) is 5.52 Å². The van der Waals surface area contributed by atoms with Crippen molar-refractivity contribution in [3.05, 3.63) is 60.0 Å². The second-order valence-corrected chi connectivity index (χ2v) is 17.1. The van der Waals surface area contributed by atoms with Gasteiger partial charge in [-0.25, -0.2) is 14.1 Å². The lowest BCUT2D eigenvalue weighted by molar-refractivity contribution is -0.124. The largest absolute Gasteiger partial charge is 0.472 e. The molecule has 3 unspecified atom stereocenters. The van der Waals surface area contributed by atoms with E-state index in [2.05, 4.69) is 17.0 Å². The summed E-state index contributed by atoms with van der Waals surface area (Å²) in [7, 11) is -4.85. The predicted octanol–water partition coefficient (Wildman–Crippen LogP) is 7.29. The third kappa shape index (κ3) is 11.2. The van der Waals surface area contributed by atoms with Gasteiger partial charge in [0.1, 0.15) is 41.8 Å². The molecule has 1 aliphatic heterocycles. The molecule has 310 valence electrons. The minimum absolute atomic E-state index is 0.0976. The number of nitriles is 1. The van der Waals surface area contributed by atoms with Crippen LogP contribution in [0.1, 0.15) is 128 Å². The quantitative estimate of drug-likeness (QED) is 0.0421. The van der Waals surface area contributed by atoms with E-state index in [1.807, 2.05) is 36.4 Å². The molecule has 2 aromatic heterocycles. The predicted molar refractivity (Wildman–Crippen MR) is 211 cm³/mol. The minimum Gasteiger partial charge on any atom is -0.385 e. The number of rotatable bonds is 28. The number of unbranched alkanes of at least 4 members (excludes halogenated alkanes) is 15. The van der Waals surface area contributed by atoms with Crippen molar-refractivity contribution in [1.29, 1.82) is 5.26 Å². The molecule has 5 N–H and O–H groups in total. The molecule has 2 fully saturated rings. The molecule has 2 aliphatic rings. The van der Waals surface area contributed by atoms with Crippen molar-refractivity contribution in [1.82, 2.24) is 14.6 Å². The van der Waals surface area contributed by atoms with E-state index in [-0.39, 0.29) is 31.3 Å². The Hall–Kier alpha value is -2.96. The van der Waals surface area contributed by atoms with E-state index in [1.165, 1.54) is 100 Å². The van der Waals surface area contributed by atoms with Crippen molar-refractivity contribution in [3.63, 3.8) is 0 Å². The number of aromatic nitrogens is 3. The van der Waals surface area contributed by atoms with Gasteiger partial charge in [0, 0.05) is 6.61 Å².